The van der Waals surface area contributed by atoms with Gasteiger partial charge in [0.15, 0.2) is 0 Å². The number of benzene rings is 2. The van der Waals surface area contributed by atoms with Crippen LogP contribution in [-0.2, 0) is 5.75 Å². The topological polar surface area (TPSA) is 62.0 Å². The standard InChI is InChI=1S/C20H20N2O2S/c1-14-6-8-15(9-7-14)13-25-11-10-21-19(23)17-12-16-4-2-3-5-18(16)22-20(17)24/h2-9,12H,10-11,13H2,1H3,(H,21,23)(H,22,24). The highest BCUT2D eigenvalue weighted by molar-refractivity contribution is 7.98. The number of amides is 1. The summed E-state index contributed by atoms with van der Waals surface area (Å²) in [5.74, 6) is 1.38. The van der Waals surface area contributed by atoms with Gasteiger partial charge in [-0.15, -0.1) is 0 Å². The summed E-state index contributed by atoms with van der Waals surface area (Å²) in [5.41, 5.74) is 3.05. The molecular formula is C20H20N2O2S. The van der Waals surface area contributed by atoms with Gasteiger partial charge in [-0.2, -0.15) is 11.8 Å². The molecule has 0 aliphatic rings. The Kier molecular flexibility index (Phi) is 5.56. The van der Waals surface area contributed by atoms with E-state index in [1.165, 1.54) is 11.1 Å². The predicted octanol–water partition coefficient (Wildman–Crippen LogP) is 3.50. The van der Waals surface area contributed by atoms with Gasteiger partial charge in [0.05, 0.1) is 0 Å². The van der Waals surface area contributed by atoms with E-state index in [0.717, 1.165) is 22.4 Å². The van der Waals surface area contributed by atoms with Gasteiger partial charge in [-0.05, 0) is 30.0 Å². The van der Waals surface area contributed by atoms with Gasteiger partial charge in [-0.1, -0.05) is 48.0 Å². The molecule has 0 aliphatic heterocycles. The number of carbonyl (C=O) groups excluding carboxylic acids is 1. The molecule has 0 radical (unpaired) electrons. The third-order valence-corrected chi connectivity index (χ3v) is 4.95. The Morgan fingerprint density at radius 1 is 1.12 bits per heavy atom. The van der Waals surface area contributed by atoms with Gasteiger partial charge in [0.25, 0.3) is 11.5 Å². The number of rotatable bonds is 6. The molecule has 0 bridgehead atoms. The molecule has 0 saturated heterocycles. The third-order valence-electron chi connectivity index (χ3n) is 3.92. The van der Waals surface area contributed by atoms with Crippen molar-refractivity contribution in [1.82, 2.24) is 10.3 Å². The van der Waals surface area contributed by atoms with Crippen LogP contribution in [0.4, 0.5) is 0 Å². The largest absolute Gasteiger partial charge is 0.351 e. The normalized spacial score (nSPS) is 10.8. The summed E-state index contributed by atoms with van der Waals surface area (Å²) >= 11 is 1.76. The Bertz CT molecular complexity index is 932. The van der Waals surface area contributed by atoms with Crippen molar-refractivity contribution < 1.29 is 4.79 Å². The highest BCUT2D eigenvalue weighted by Crippen LogP contribution is 2.13. The first-order chi connectivity index (χ1) is 12.1. The molecule has 1 heterocycles. The fourth-order valence-corrected chi connectivity index (χ4v) is 3.34. The summed E-state index contributed by atoms with van der Waals surface area (Å²) in [5, 5.41) is 3.67. The molecule has 0 fully saturated rings. The van der Waals surface area contributed by atoms with Crippen LogP contribution in [0.25, 0.3) is 10.9 Å². The maximum atomic E-state index is 12.2. The van der Waals surface area contributed by atoms with Crippen LogP contribution in [-0.4, -0.2) is 23.2 Å². The number of pyridine rings is 1. The van der Waals surface area contributed by atoms with Crippen LogP contribution in [0.1, 0.15) is 21.5 Å². The van der Waals surface area contributed by atoms with E-state index in [1.54, 1.807) is 17.8 Å². The van der Waals surface area contributed by atoms with Gasteiger partial charge in [-0.25, -0.2) is 0 Å². The maximum Gasteiger partial charge on any atom is 0.261 e. The predicted molar refractivity (Wildman–Crippen MR) is 104 cm³/mol. The van der Waals surface area contributed by atoms with Crippen molar-refractivity contribution in [3.05, 3.63) is 81.6 Å². The Hall–Kier alpha value is -2.53. The number of hydrogen-bond acceptors (Lipinski definition) is 3. The molecule has 0 atom stereocenters. The monoisotopic (exact) mass is 352 g/mol. The van der Waals surface area contributed by atoms with Crippen molar-refractivity contribution in [3.63, 3.8) is 0 Å². The van der Waals surface area contributed by atoms with Crippen LogP contribution in [0, 0.1) is 6.92 Å². The molecule has 1 aromatic heterocycles. The zero-order valence-corrected chi connectivity index (χ0v) is 14.9. The average Bonchev–Trinajstić information content (AvgIpc) is 2.62. The molecule has 128 valence electrons. The first kappa shape index (κ1) is 17.3. The van der Waals surface area contributed by atoms with Crippen molar-refractivity contribution in [2.75, 3.05) is 12.3 Å². The van der Waals surface area contributed by atoms with E-state index in [9.17, 15) is 9.59 Å². The van der Waals surface area contributed by atoms with Gasteiger partial charge in [0, 0.05) is 23.6 Å². The smallest absolute Gasteiger partial charge is 0.261 e. The average molecular weight is 352 g/mol. The first-order valence-corrected chi connectivity index (χ1v) is 9.32. The lowest BCUT2D eigenvalue weighted by Crippen LogP contribution is -2.31. The lowest BCUT2D eigenvalue weighted by Gasteiger charge is -2.06. The quantitative estimate of drug-likeness (QED) is 0.668. The van der Waals surface area contributed by atoms with E-state index >= 15 is 0 Å². The zero-order valence-electron chi connectivity index (χ0n) is 14.0. The van der Waals surface area contributed by atoms with Gasteiger partial charge in [0.1, 0.15) is 5.56 Å². The molecule has 5 heteroatoms. The summed E-state index contributed by atoms with van der Waals surface area (Å²) in [6, 6.07) is 17.5. The minimum absolute atomic E-state index is 0.155. The highest BCUT2D eigenvalue weighted by atomic mass is 32.2. The second-order valence-corrected chi connectivity index (χ2v) is 7.00. The number of H-pyrrole nitrogens is 1. The van der Waals surface area contributed by atoms with E-state index in [-0.39, 0.29) is 17.0 Å². The Labute approximate surface area is 150 Å². The van der Waals surface area contributed by atoms with Gasteiger partial charge >= 0.3 is 0 Å². The minimum atomic E-state index is -0.358. The summed E-state index contributed by atoms with van der Waals surface area (Å²) in [4.78, 5) is 27.0. The Morgan fingerprint density at radius 2 is 1.88 bits per heavy atom. The number of thioether (sulfide) groups is 1. The van der Waals surface area contributed by atoms with Crippen LogP contribution in [0.5, 0.6) is 0 Å². The van der Waals surface area contributed by atoms with E-state index in [4.69, 9.17) is 0 Å². The van der Waals surface area contributed by atoms with E-state index in [2.05, 4.69) is 41.5 Å². The first-order valence-electron chi connectivity index (χ1n) is 8.17. The van der Waals surface area contributed by atoms with Gasteiger partial charge < -0.3 is 10.3 Å². The third kappa shape index (κ3) is 4.51. The van der Waals surface area contributed by atoms with E-state index in [1.807, 2.05) is 24.3 Å². The molecule has 1 amide bonds. The van der Waals surface area contributed by atoms with Crippen molar-refractivity contribution in [3.8, 4) is 0 Å². The number of aromatic nitrogens is 1. The summed E-state index contributed by atoms with van der Waals surface area (Å²) in [6.07, 6.45) is 0. The maximum absolute atomic E-state index is 12.2. The molecule has 0 aliphatic carbocycles. The van der Waals surface area contributed by atoms with E-state index in [0.29, 0.717) is 6.54 Å². The van der Waals surface area contributed by atoms with E-state index < -0.39 is 0 Å². The SMILES string of the molecule is Cc1ccc(CSCCNC(=O)c2cc3ccccc3[nH]c2=O)cc1. The molecule has 0 unspecified atom stereocenters. The van der Waals surface area contributed by atoms with Crippen LogP contribution < -0.4 is 10.9 Å². The summed E-state index contributed by atoms with van der Waals surface area (Å²) in [7, 11) is 0. The van der Waals surface area contributed by atoms with Crippen molar-refractivity contribution in [2.24, 2.45) is 0 Å². The number of para-hydroxylation sites is 1. The second kappa shape index (κ2) is 8.03. The van der Waals surface area contributed by atoms with Crippen LogP contribution in [0.3, 0.4) is 0 Å². The molecule has 2 N–H and O–H groups in total. The zero-order chi connectivity index (χ0) is 17.6. The molecule has 3 aromatic rings. The minimum Gasteiger partial charge on any atom is -0.351 e. The van der Waals surface area contributed by atoms with Crippen LogP contribution in [0.15, 0.2) is 59.4 Å². The fourth-order valence-electron chi connectivity index (χ4n) is 2.52. The van der Waals surface area contributed by atoms with Gasteiger partial charge in [0.2, 0.25) is 0 Å². The molecular weight excluding hydrogens is 332 g/mol. The number of aromatic amines is 1. The lowest BCUT2D eigenvalue weighted by molar-refractivity contribution is 0.0955. The number of nitrogens with one attached hydrogen (secondary N) is 2. The fraction of sp³-hybridized carbons (Fsp3) is 0.200. The van der Waals surface area contributed by atoms with Gasteiger partial charge in [-0.3, -0.25) is 9.59 Å². The number of aryl methyl sites for hydroxylation is 1. The number of fused-ring (bicyclic) bond motifs is 1. The molecule has 0 spiro atoms. The number of hydrogen-bond donors (Lipinski definition) is 2. The molecule has 3 rings (SSSR count). The second-order valence-electron chi connectivity index (χ2n) is 5.89. The van der Waals surface area contributed by atoms with Crippen LogP contribution in [0.2, 0.25) is 0 Å². The number of carbonyl (C=O) groups is 1. The summed E-state index contributed by atoms with van der Waals surface area (Å²) in [6.45, 7) is 2.60. The summed E-state index contributed by atoms with van der Waals surface area (Å²) < 4.78 is 0. The van der Waals surface area contributed by atoms with Crippen molar-refractivity contribution in [1.29, 1.82) is 0 Å². The van der Waals surface area contributed by atoms with Crippen molar-refractivity contribution >= 4 is 28.6 Å². The molecule has 0 saturated carbocycles. The van der Waals surface area contributed by atoms with Crippen LogP contribution >= 0.6 is 11.8 Å². The Balaban J connectivity index is 1.52. The van der Waals surface area contributed by atoms with Crippen molar-refractivity contribution in [2.45, 2.75) is 12.7 Å². The lowest BCUT2D eigenvalue weighted by atomic mass is 10.1. The molecule has 25 heavy (non-hydrogen) atoms. The Morgan fingerprint density at radius 3 is 2.68 bits per heavy atom. The molecule has 2 aromatic carbocycles. The highest BCUT2D eigenvalue weighted by Gasteiger charge is 2.11. The molecule has 4 nitrogen and oxygen atoms in total.